The molecule has 0 unspecified atom stereocenters. The quantitative estimate of drug-likeness (QED) is 0.322. The van der Waals surface area contributed by atoms with Crippen LogP contribution < -0.4 is 15.4 Å². The van der Waals surface area contributed by atoms with E-state index in [-0.39, 0.29) is 17.2 Å². The Bertz CT molecular complexity index is 1460. The minimum atomic E-state index is -1.26. The average Bonchev–Trinajstić information content (AvgIpc) is 3.71. The number of amides is 2. The van der Waals surface area contributed by atoms with Gasteiger partial charge in [-0.3, -0.25) is 9.59 Å². The van der Waals surface area contributed by atoms with Crippen LogP contribution in [0.1, 0.15) is 32.4 Å². The number of halogens is 2. The fraction of sp³-hybridized carbons (Fsp3) is 0.222. The summed E-state index contributed by atoms with van der Waals surface area (Å²) in [5.74, 6) is -1.98. The third kappa shape index (κ3) is 5.53. The van der Waals surface area contributed by atoms with E-state index in [4.69, 9.17) is 4.74 Å². The van der Waals surface area contributed by atoms with Crippen LogP contribution in [0.4, 0.5) is 20.2 Å². The molecule has 1 saturated carbocycles. The Morgan fingerprint density at radius 3 is 2.19 bits per heavy atom. The van der Waals surface area contributed by atoms with Gasteiger partial charge in [-0.1, -0.05) is 13.8 Å². The van der Waals surface area contributed by atoms with E-state index in [0.717, 1.165) is 6.07 Å². The third-order valence-electron chi connectivity index (χ3n) is 5.66. The number of nitrogens with zero attached hydrogens (tertiary/aromatic N) is 3. The Labute approximate surface area is 212 Å². The summed E-state index contributed by atoms with van der Waals surface area (Å²) in [5.41, 5.74) is 0.721. The van der Waals surface area contributed by atoms with Crippen LogP contribution >= 0.6 is 0 Å². The van der Waals surface area contributed by atoms with Crippen LogP contribution in [0.5, 0.6) is 11.5 Å². The zero-order valence-corrected chi connectivity index (χ0v) is 20.5. The Morgan fingerprint density at radius 1 is 0.892 bits per heavy atom. The van der Waals surface area contributed by atoms with E-state index >= 15 is 0 Å². The number of ether oxygens (including phenoxy) is 1. The number of rotatable bonds is 6. The molecular weight excluding hydrogens is 480 g/mol. The molecule has 4 aromatic rings. The number of hydrogen-bond acceptors (Lipinski definition) is 6. The van der Waals surface area contributed by atoms with E-state index < -0.39 is 28.9 Å². The lowest BCUT2D eigenvalue weighted by atomic mass is 10.0. The lowest BCUT2D eigenvalue weighted by molar-refractivity contribution is -0.131. The second-order valence-electron chi connectivity index (χ2n) is 8.24. The Balaban J connectivity index is 0.00000156. The highest BCUT2D eigenvalue weighted by Crippen LogP contribution is 2.47. The van der Waals surface area contributed by atoms with Gasteiger partial charge in [0.05, 0.1) is 11.9 Å². The fourth-order valence-corrected chi connectivity index (χ4v) is 3.56. The third-order valence-corrected chi connectivity index (χ3v) is 5.66. The Morgan fingerprint density at radius 2 is 1.54 bits per heavy atom. The molecule has 0 spiro atoms. The highest BCUT2D eigenvalue weighted by molar-refractivity contribution is 6.16. The first-order chi connectivity index (χ1) is 17.8. The standard InChI is InChI=1S/C25H19F2N5O3.C2H6/c1-14-13-29-22-21(30-14)20(8-11-28-22)35-19-7-6-17(12-18(19)27)32-24(34)25(9-10-25)23(33)31-16-4-2-15(26)3-5-16;1-2/h2-8,11-13H,9-10H2,1H3,(H,31,33)(H,32,34);1-2H3. The van der Waals surface area contributed by atoms with Crippen molar-refractivity contribution in [1.82, 2.24) is 15.0 Å². The van der Waals surface area contributed by atoms with Crippen LogP contribution in [0.2, 0.25) is 0 Å². The molecular formula is C27H25F2N5O3. The average molecular weight is 506 g/mol. The molecule has 8 nitrogen and oxygen atoms in total. The highest BCUT2D eigenvalue weighted by atomic mass is 19.1. The van der Waals surface area contributed by atoms with Gasteiger partial charge in [0.1, 0.15) is 11.2 Å². The van der Waals surface area contributed by atoms with E-state index in [2.05, 4.69) is 25.6 Å². The number of aromatic nitrogens is 3. The molecule has 0 atom stereocenters. The molecule has 1 aliphatic rings. The fourth-order valence-electron chi connectivity index (χ4n) is 3.56. The van der Waals surface area contributed by atoms with Crippen molar-refractivity contribution in [3.8, 4) is 11.5 Å². The number of anilines is 2. The molecule has 1 fully saturated rings. The van der Waals surface area contributed by atoms with Crippen LogP contribution in [-0.2, 0) is 9.59 Å². The summed E-state index contributed by atoms with van der Waals surface area (Å²) in [7, 11) is 0. The van der Waals surface area contributed by atoms with Crippen molar-refractivity contribution in [2.45, 2.75) is 33.6 Å². The number of pyridine rings is 1. The summed E-state index contributed by atoms with van der Waals surface area (Å²) >= 11 is 0. The summed E-state index contributed by atoms with van der Waals surface area (Å²) < 4.78 is 33.6. The molecule has 0 aliphatic heterocycles. The molecule has 2 aromatic heterocycles. The van der Waals surface area contributed by atoms with Crippen LogP contribution in [-0.4, -0.2) is 26.8 Å². The predicted molar refractivity (Wildman–Crippen MR) is 135 cm³/mol. The number of benzene rings is 2. The molecule has 2 heterocycles. The van der Waals surface area contributed by atoms with E-state index in [1.54, 1.807) is 19.2 Å². The lowest BCUT2D eigenvalue weighted by Gasteiger charge is -2.16. The second kappa shape index (κ2) is 10.7. The van der Waals surface area contributed by atoms with Crippen LogP contribution in [0, 0.1) is 24.0 Å². The Hall–Kier alpha value is -4.47. The van der Waals surface area contributed by atoms with Crippen molar-refractivity contribution in [3.63, 3.8) is 0 Å². The first-order valence-corrected chi connectivity index (χ1v) is 11.8. The van der Waals surface area contributed by atoms with Gasteiger partial charge >= 0.3 is 0 Å². The van der Waals surface area contributed by atoms with Gasteiger partial charge in [-0.2, -0.15) is 0 Å². The normalized spacial score (nSPS) is 13.2. The van der Waals surface area contributed by atoms with E-state index in [1.165, 1.54) is 42.6 Å². The largest absolute Gasteiger partial charge is 0.452 e. The van der Waals surface area contributed by atoms with Gasteiger partial charge in [0.15, 0.2) is 28.5 Å². The van der Waals surface area contributed by atoms with Gasteiger partial charge in [0.25, 0.3) is 0 Å². The lowest BCUT2D eigenvalue weighted by Crippen LogP contribution is -2.35. The molecule has 2 amide bonds. The molecule has 2 aromatic carbocycles. The van der Waals surface area contributed by atoms with Gasteiger partial charge in [-0.05, 0) is 56.2 Å². The van der Waals surface area contributed by atoms with Crippen molar-refractivity contribution in [2.24, 2.45) is 5.41 Å². The molecule has 37 heavy (non-hydrogen) atoms. The van der Waals surface area contributed by atoms with Crippen LogP contribution in [0.15, 0.2) is 60.9 Å². The number of nitrogens with one attached hydrogen (secondary N) is 2. The maximum absolute atomic E-state index is 14.8. The van der Waals surface area contributed by atoms with Crippen molar-refractivity contribution in [2.75, 3.05) is 10.6 Å². The van der Waals surface area contributed by atoms with Gasteiger partial charge in [0, 0.05) is 29.7 Å². The van der Waals surface area contributed by atoms with Gasteiger partial charge in [-0.15, -0.1) is 0 Å². The van der Waals surface area contributed by atoms with Crippen molar-refractivity contribution < 1.29 is 23.1 Å². The Kier molecular flexibility index (Phi) is 7.37. The monoisotopic (exact) mass is 505 g/mol. The molecule has 0 radical (unpaired) electrons. The van der Waals surface area contributed by atoms with Gasteiger partial charge < -0.3 is 15.4 Å². The number of carbonyl (C=O) groups is 2. The zero-order valence-electron chi connectivity index (χ0n) is 20.5. The molecule has 0 saturated heterocycles. The minimum absolute atomic E-state index is 0.0750. The molecule has 10 heteroatoms. The highest BCUT2D eigenvalue weighted by Gasteiger charge is 2.56. The summed E-state index contributed by atoms with van der Waals surface area (Å²) in [6, 6.07) is 10.8. The van der Waals surface area contributed by atoms with E-state index in [0.29, 0.717) is 35.4 Å². The summed E-state index contributed by atoms with van der Waals surface area (Å²) in [6.45, 7) is 5.77. The molecule has 0 bridgehead atoms. The maximum Gasteiger partial charge on any atom is 0.240 e. The first kappa shape index (κ1) is 25.6. The topological polar surface area (TPSA) is 106 Å². The predicted octanol–water partition coefficient (Wildman–Crippen LogP) is 5.79. The van der Waals surface area contributed by atoms with Crippen molar-refractivity contribution in [1.29, 1.82) is 0 Å². The minimum Gasteiger partial charge on any atom is -0.452 e. The summed E-state index contributed by atoms with van der Waals surface area (Å²) in [5, 5.41) is 5.23. The zero-order chi connectivity index (χ0) is 26.6. The number of carbonyl (C=O) groups excluding carboxylic acids is 2. The van der Waals surface area contributed by atoms with Gasteiger partial charge in [0.2, 0.25) is 11.8 Å². The molecule has 190 valence electrons. The number of aryl methyl sites for hydroxylation is 1. The summed E-state index contributed by atoms with van der Waals surface area (Å²) in [6.07, 6.45) is 3.76. The van der Waals surface area contributed by atoms with Crippen LogP contribution in [0.25, 0.3) is 11.2 Å². The van der Waals surface area contributed by atoms with E-state index in [1.807, 2.05) is 13.8 Å². The number of fused-ring (bicyclic) bond motifs is 1. The molecule has 5 rings (SSSR count). The molecule has 1 aliphatic carbocycles. The van der Waals surface area contributed by atoms with Crippen molar-refractivity contribution >= 4 is 34.4 Å². The maximum atomic E-state index is 14.8. The first-order valence-electron chi connectivity index (χ1n) is 11.8. The van der Waals surface area contributed by atoms with Crippen LogP contribution in [0.3, 0.4) is 0 Å². The molecule has 2 N–H and O–H groups in total. The van der Waals surface area contributed by atoms with Gasteiger partial charge in [-0.25, -0.2) is 23.7 Å². The smallest absolute Gasteiger partial charge is 0.240 e. The van der Waals surface area contributed by atoms with Crippen molar-refractivity contribution in [3.05, 3.63) is 78.3 Å². The number of hydrogen-bond donors (Lipinski definition) is 2. The summed E-state index contributed by atoms with van der Waals surface area (Å²) in [4.78, 5) is 38.2. The SMILES string of the molecule is CC.Cc1cnc2nccc(Oc3ccc(NC(=O)C4(C(=O)Nc5ccc(F)cc5)CC4)cc3F)c2n1. The van der Waals surface area contributed by atoms with E-state index in [9.17, 15) is 18.4 Å². The second-order valence-corrected chi connectivity index (χ2v) is 8.24.